The van der Waals surface area contributed by atoms with Crippen LogP contribution in [0.3, 0.4) is 0 Å². The number of fused-ring (bicyclic) bond motifs is 1. The number of methoxy groups -OCH3 is 2. The summed E-state index contributed by atoms with van der Waals surface area (Å²) in [5.74, 6) is -1.77. The van der Waals surface area contributed by atoms with Crippen LogP contribution in [-0.4, -0.2) is 104 Å². The highest BCUT2D eigenvalue weighted by atomic mass is 32.2. The first-order valence-corrected chi connectivity index (χ1v) is 18.8. The zero-order valence-electron chi connectivity index (χ0n) is 29.0. The molecular formula is C35H45N5O10S. The maximum absolute atomic E-state index is 14.4. The van der Waals surface area contributed by atoms with Gasteiger partial charge in [-0.2, -0.15) is 0 Å². The summed E-state index contributed by atoms with van der Waals surface area (Å²) in [5, 5.41) is 6.26. The highest BCUT2D eigenvalue weighted by molar-refractivity contribution is 7.91. The van der Waals surface area contributed by atoms with E-state index in [4.69, 9.17) is 18.9 Å². The van der Waals surface area contributed by atoms with Crippen molar-refractivity contribution in [3.63, 3.8) is 0 Å². The number of aromatic nitrogens is 1. The molecule has 3 N–H and O–H groups in total. The topological polar surface area (TPSA) is 192 Å². The van der Waals surface area contributed by atoms with Crippen LogP contribution in [0.15, 0.2) is 43.1 Å². The summed E-state index contributed by atoms with van der Waals surface area (Å²) in [7, 11) is -0.937. The third-order valence-corrected chi connectivity index (χ3v) is 12.1. The fraction of sp³-hybridized carbons (Fsp3) is 0.571. The Morgan fingerprint density at radius 1 is 1.08 bits per heavy atom. The molecule has 15 nitrogen and oxygen atoms in total. The molecule has 6 rings (SSSR count). The summed E-state index contributed by atoms with van der Waals surface area (Å²) in [6.07, 6.45) is 4.90. The Hall–Kier alpha value is -4.44. The molecule has 0 unspecified atom stereocenters. The normalized spacial score (nSPS) is 25.8. The maximum Gasteiger partial charge on any atom is 0.408 e. The second kappa shape index (κ2) is 14.7. The van der Waals surface area contributed by atoms with Gasteiger partial charge in [-0.05, 0) is 81.5 Å². The Morgan fingerprint density at radius 3 is 2.47 bits per heavy atom. The Morgan fingerprint density at radius 2 is 1.82 bits per heavy atom. The van der Waals surface area contributed by atoms with Crippen molar-refractivity contribution in [2.24, 2.45) is 5.92 Å². The number of likely N-dealkylation sites (tertiary alicyclic amines) is 1. The minimum absolute atomic E-state index is 0.00320. The molecule has 276 valence electrons. The van der Waals surface area contributed by atoms with Crippen molar-refractivity contribution in [2.75, 3.05) is 20.8 Å². The third-order valence-electron chi connectivity index (χ3n) is 10.3. The van der Waals surface area contributed by atoms with Crippen LogP contribution in [0, 0.1) is 5.92 Å². The van der Waals surface area contributed by atoms with Crippen LogP contribution in [0.5, 0.6) is 11.6 Å². The Labute approximate surface area is 296 Å². The fourth-order valence-corrected chi connectivity index (χ4v) is 8.28. The van der Waals surface area contributed by atoms with Crippen molar-refractivity contribution < 1.29 is 46.5 Å². The predicted octanol–water partition coefficient (Wildman–Crippen LogP) is 2.33. The van der Waals surface area contributed by atoms with Gasteiger partial charge in [0.2, 0.25) is 27.7 Å². The van der Waals surface area contributed by atoms with Gasteiger partial charge in [0.15, 0.2) is 0 Å². The van der Waals surface area contributed by atoms with E-state index in [2.05, 4.69) is 26.9 Å². The lowest BCUT2D eigenvalue weighted by molar-refractivity contribution is -0.143. The van der Waals surface area contributed by atoms with E-state index in [1.54, 1.807) is 38.4 Å². The third kappa shape index (κ3) is 7.76. The molecule has 4 aliphatic rings. The van der Waals surface area contributed by atoms with E-state index in [1.165, 1.54) is 18.1 Å². The second-order valence-corrected chi connectivity index (χ2v) is 15.7. The van der Waals surface area contributed by atoms with Gasteiger partial charge < -0.3 is 34.5 Å². The summed E-state index contributed by atoms with van der Waals surface area (Å²) in [4.78, 5) is 60.7. The zero-order chi connectivity index (χ0) is 36.5. The van der Waals surface area contributed by atoms with Gasteiger partial charge in [0, 0.05) is 31.0 Å². The molecule has 51 heavy (non-hydrogen) atoms. The van der Waals surface area contributed by atoms with E-state index >= 15 is 0 Å². The molecule has 16 heteroatoms. The van der Waals surface area contributed by atoms with Crippen molar-refractivity contribution in [3.05, 3.63) is 43.1 Å². The molecule has 2 aromatic rings. The quantitative estimate of drug-likeness (QED) is 0.242. The van der Waals surface area contributed by atoms with Crippen molar-refractivity contribution in [1.29, 1.82) is 0 Å². The number of rotatable bonds is 14. The molecule has 4 amide bonds. The fourth-order valence-electron chi connectivity index (χ4n) is 6.91. The van der Waals surface area contributed by atoms with Crippen LogP contribution in [0.1, 0.15) is 58.3 Å². The molecule has 2 heterocycles. The van der Waals surface area contributed by atoms with Crippen LogP contribution in [0.4, 0.5) is 4.79 Å². The first kappa shape index (κ1) is 36.4. The van der Waals surface area contributed by atoms with E-state index in [9.17, 15) is 27.6 Å². The van der Waals surface area contributed by atoms with Gasteiger partial charge in [-0.1, -0.05) is 6.08 Å². The zero-order valence-corrected chi connectivity index (χ0v) is 29.8. The average molecular weight is 728 g/mol. The first-order chi connectivity index (χ1) is 24.4. The molecule has 1 aromatic carbocycles. The van der Waals surface area contributed by atoms with Gasteiger partial charge in [-0.25, -0.2) is 18.2 Å². The molecule has 1 aliphatic heterocycles. The maximum atomic E-state index is 14.4. The molecule has 0 radical (unpaired) electrons. The lowest BCUT2D eigenvalue weighted by Crippen LogP contribution is -2.60. The van der Waals surface area contributed by atoms with Crippen molar-refractivity contribution in [3.8, 4) is 11.6 Å². The van der Waals surface area contributed by atoms with Gasteiger partial charge in [-0.15, -0.1) is 6.58 Å². The standard InChI is InChI=1S/C35H45N5O10S/c1-5-22-18-35(22,33(43)39-51(45,46)26-11-12-26)38-30(41)28-17-25(49-31-27-13-10-24(48-4)16-21(27)14-15-36-31)19-40(28)32(42)29(20(2)47-3)37-34(44)50-23-8-6-7-9-23/h5,10,13-16,20,22-23,25-26,28-29H,1,6-9,11-12,17-19H2,2-4H3,(H,37,44)(H,38,41)(H,39,43)/t20-,22+,25+,28-,29-,35+/m0/s1. The van der Waals surface area contributed by atoms with Crippen LogP contribution in [0.2, 0.25) is 0 Å². The average Bonchev–Trinajstić information content (AvgIpc) is 4.00. The minimum atomic E-state index is -3.90. The summed E-state index contributed by atoms with van der Waals surface area (Å²) in [6.45, 7) is 5.30. The summed E-state index contributed by atoms with van der Waals surface area (Å²) >= 11 is 0. The number of pyridine rings is 1. The molecule has 0 spiro atoms. The highest BCUT2D eigenvalue weighted by Gasteiger charge is 2.62. The van der Waals surface area contributed by atoms with Crippen LogP contribution >= 0.6 is 0 Å². The molecule has 1 aromatic heterocycles. The van der Waals surface area contributed by atoms with Gasteiger partial charge in [0.25, 0.3) is 5.91 Å². The number of amides is 4. The molecule has 3 saturated carbocycles. The van der Waals surface area contributed by atoms with Crippen molar-refractivity contribution >= 4 is 44.6 Å². The molecule has 6 atom stereocenters. The first-order valence-electron chi connectivity index (χ1n) is 17.3. The van der Waals surface area contributed by atoms with E-state index in [-0.39, 0.29) is 31.4 Å². The van der Waals surface area contributed by atoms with E-state index in [0.717, 1.165) is 31.1 Å². The number of carbonyl (C=O) groups excluding carboxylic acids is 4. The number of sulfonamides is 1. The van der Waals surface area contributed by atoms with Crippen molar-refractivity contribution in [2.45, 2.75) is 99.5 Å². The van der Waals surface area contributed by atoms with Crippen LogP contribution < -0.4 is 24.8 Å². The number of benzene rings is 1. The number of carbonyl (C=O) groups is 4. The second-order valence-electron chi connectivity index (χ2n) is 13.7. The van der Waals surface area contributed by atoms with E-state index in [0.29, 0.717) is 24.0 Å². The number of nitrogens with one attached hydrogen (secondary N) is 3. The largest absolute Gasteiger partial charge is 0.497 e. The summed E-state index contributed by atoms with van der Waals surface area (Å²) in [6, 6.07) is 4.80. The number of alkyl carbamates (subject to hydrolysis) is 1. The van der Waals surface area contributed by atoms with Gasteiger partial charge >= 0.3 is 6.09 Å². The summed E-state index contributed by atoms with van der Waals surface area (Å²) < 4.78 is 50.2. The molecule has 0 bridgehead atoms. The lowest BCUT2D eigenvalue weighted by atomic mass is 10.1. The minimum Gasteiger partial charge on any atom is -0.497 e. The number of nitrogens with zero attached hydrogens (tertiary/aromatic N) is 2. The molecule has 1 saturated heterocycles. The Kier molecular flexibility index (Phi) is 10.4. The molecule has 4 fully saturated rings. The van der Waals surface area contributed by atoms with Gasteiger partial charge in [-0.3, -0.25) is 19.1 Å². The van der Waals surface area contributed by atoms with E-state index in [1.807, 2.05) is 6.07 Å². The summed E-state index contributed by atoms with van der Waals surface area (Å²) in [5.41, 5.74) is -1.56. The monoisotopic (exact) mass is 727 g/mol. The van der Waals surface area contributed by atoms with E-state index < -0.39 is 74.8 Å². The Bertz CT molecular complexity index is 1800. The predicted molar refractivity (Wildman–Crippen MR) is 184 cm³/mol. The smallest absolute Gasteiger partial charge is 0.408 e. The molecule has 3 aliphatic carbocycles. The van der Waals surface area contributed by atoms with Crippen molar-refractivity contribution in [1.82, 2.24) is 25.2 Å². The highest BCUT2D eigenvalue weighted by Crippen LogP contribution is 2.45. The molecular weight excluding hydrogens is 682 g/mol. The number of hydrogen-bond acceptors (Lipinski definition) is 11. The van der Waals surface area contributed by atoms with Gasteiger partial charge in [0.1, 0.15) is 35.6 Å². The van der Waals surface area contributed by atoms with Gasteiger partial charge in [0.05, 0.1) is 25.0 Å². The number of hydrogen-bond donors (Lipinski definition) is 3. The SMILES string of the molecule is C=C[C@@H]1C[C@]1(NC(=O)[C@@H]1C[C@@H](Oc2nccc3cc(OC)ccc23)CN1C(=O)[C@@H](NC(=O)OC1CCCC1)[C@H](C)OC)C(=O)NS(=O)(=O)C1CC1. The van der Waals surface area contributed by atoms with Crippen LogP contribution in [-0.2, 0) is 33.9 Å². The lowest BCUT2D eigenvalue weighted by Gasteiger charge is -2.31. The van der Waals surface area contributed by atoms with Crippen LogP contribution in [0.25, 0.3) is 10.8 Å². The number of ether oxygens (including phenoxy) is 4. The Balaban J connectivity index is 1.26.